The SMILES string of the molecule is COc1cc2c(cc1-c1c(C)noc1C)[nH]c1nc(C(=O)NC3CCN(C)CC3)nc(-c3ccnc4ccccc34)c12. The van der Waals surface area contributed by atoms with Crippen LogP contribution in [0.25, 0.3) is 55.2 Å². The topological polar surface area (TPSA) is 122 Å². The lowest BCUT2D eigenvalue weighted by Crippen LogP contribution is -2.43. The van der Waals surface area contributed by atoms with Crippen LogP contribution in [-0.4, -0.2) is 69.2 Å². The molecule has 212 valence electrons. The van der Waals surface area contributed by atoms with E-state index in [0.29, 0.717) is 22.9 Å². The first kappa shape index (κ1) is 26.1. The third-order valence-electron chi connectivity index (χ3n) is 8.23. The lowest BCUT2D eigenvalue weighted by molar-refractivity contribution is 0.0906. The molecule has 0 unspecified atom stereocenters. The van der Waals surface area contributed by atoms with E-state index in [2.05, 4.69) is 32.4 Å². The standard InChI is InChI=1S/C32H31N7O3/c1-17-27(18(2)42-38-17)23-15-25-22(16-26(23)41-4)28-29(21-9-12-33-24-8-6-5-7-20(21)24)36-31(37-30(28)35-25)32(40)34-19-10-13-39(3)14-11-19/h5-9,12,15-16,19H,10-11,13-14H2,1-4H3,(H,34,40)(H,35,36,37). The number of rotatable bonds is 5. The summed E-state index contributed by atoms with van der Waals surface area (Å²) in [5.74, 6) is 1.23. The molecule has 6 aromatic rings. The van der Waals surface area contributed by atoms with Crippen LogP contribution in [0.2, 0.25) is 0 Å². The van der Waals surface area contributed by atoms with Gasteiger partial charge in [0.05, 0.1) is 35.0 Å². The minimum absolute atomic E-state index is 0.0859. The Hall–Kier alpha value is -4.83. The number of methoxy groups -OCH3 is 1. The molecule has 1 aliphatic heterocycles. The van der Waals surface area contributed by atoms with Gasteiger partial charge < -0.3 is 24.5 Å². The van der Waals surface area contributed by atoms with Crippen LogP contribution < -0.4 is 10.1 Å². The molecule has 1 saturated heterocycles. The maximum Gasteiger partial charge on any atom is 0.289 e. The molecular formula is C32H31N7O3. The van der Waals surface area contributed by atoms with Crippen molar-refractivity contribution >= 4 is 38.7 Å². The number of H-pyrrole nitrogens is 1. The Bertz CT molecular complexity index is 1960. The van der Waals surface area contributed by atoms with Gasteiger partial charge in [-0.1, -0.05) is 23.4 Å². The molecule has 0 bridgehead atoms. The highest BCUT2D eigenvalue weighted by Crippen LogP contribution is 2.42. The van der Waals surface area contributed by atoms with Crippen LogP contribution in [0.3, 0.4) is 0 Å². The summed E-state index contributed by atoms with van der Waals surface area (Å²) in [6, 6.07) is 14.0. The minimum Gasteiger partial charge on any atom is -0.496 e. The summed E-state index contributed by atoms with van der Waals surface area (Å²) in [5, 5.41) is 9.95. The molecule has 0 radical (unpaired) electrons. The number of ether oxygens (including phenoxy) is 1. The lowest BCUT2D eigenvalue weighted by atomic mass is 9.99. The number of hydrogen-bond donors (Lipinski definition) is 2. The van der Waals surface area contributed by atoms with Crippen molar-refractivity contribution in [3.05, 3.63) is 65.9 Å². The van der Waals surface area contributed by atoms with Gasteiger partial charge in [-0.3, -0.25) is 9.78 Å². The van der Waals surface area contributed by atoms with Crippen molar-refractivity contribution < 1.29 is 14.1 Å². The molecule has 7 rings (SSSR count). The molecule has 0 atom stereocenters. The first-order valence-electron chi connectivity index (χ1n) is 14.1. The van der Waals surface area contributed by atoms with Crippen LogP contribution in [0.1, 0.15) is 34.9 Å². The van der Waals surface area contributed by atoms with Gasteiger partial charge in [0.2, 0.25) is 5.82 Å². The van der Waals surface area contributed by atoms with E-state index in [1.54, 1.807) is 13.3 Å². The molecule has 2 N–H and O–H groups in total. The number of nitrogens with one attached hydrogen (secondary N) is 2. The molecule has 5 heterocycles. The maximum absolute atomic E-state index is 13.6. The zero-order valence-electron chi connectivity index (χ0n) is 24.0. The number of aryl methyl sites for hydroxylation is 2. The van der Waals surface area contributed by atoms with E-state index < -0.39 is 0 Å². The number of hydrogen-bond acceptors (Lipinski definition) is 8. The summed E-state index contributed by atoms with van der Waals surface area (Å²) in [6.07, 6.45) is 3.56. The molecule has 4 aromatic heterocycles. The van der Waals surface area contributed by atoms with E-state index in [1.807, 2.05) is 56.3 Å². The molecule has 2 aromatic carbocycles. The highest BCUT2D eigenvalue weighted by molar-refractivity contribution is 6.16. The van der Waals surface area contributed by atoms with Gasteiger partial charge in [0.1, 0.15) is 17.2 Å². The van der Waals surface area contributed by atoms with Crippen LogP contribution in [-0.2, 0) is 0 Å². The Morgan fingerprint density at radius 1 is 1.07 bits per heavy atom. The number of benzene rings is 2. The summed E-state index contributed by atoms with van der Waals surface area (Å²) in [5.41, 5.74) is 6.30. The Labute approximate surface area is 242 Å². The number of carbonyl (C=O) groups excluding carboxylic acids is 1. The number of piperidine rings is 1. The van der Waals surface area contributed by atoms with Gasteiger partial charge in [-0.25, -0.2) is 9.97 Å². The van der Waals surface area contributed by atoms with Crippen LogP contribution in [0, 0.1) is 13.8 Å². The van der Waals surface area contributed by atoms with E-state index in [4.69, 9.17) is 19.2 Å². The summed E-state index contributed by atoms with van der Waals surface area (Å²) in [4.78, 5) is 33.6. The number of amides is 1. The highest BCUT2D eigenvalue weighted by atomic mass is 16.5. The first-order valence-corrected chi connectivity index (χ1v) is 14.1. The summed E-state index contributed by atoms with van der Waals surface area (Å²) >= 11 is 0. The third-order valence-corrected chi connectivity index (χ3v) is 8.23. The average molecular weight is 562 g/mol. The van der Waals surface area contributed by atoms with Gasteiger partial charge in [0, 0.05) is 39.7 Å². The smallest absolute Gasteiger partial charge is 0.289 e. The monoisotopic (exact) mass is 561 g/mol. The molecule has 0 saturated carbocycles. The second kappa shape index (κ2) is 10.2. The zero-order valence-corrected chi connectivity index (χ0v) is 24.0. The lowest BCUT2D eigenvalue weighted by Gasteiger charge is -2.29. The fourth-order valence-electron chi connectivity index (χ4n) is 6.06. The molecule has 10 heteroatoms. The number of fused-ring (bicyclic) bond motifs is 4. The van der Waals surface area contributed by atoms with Gasteiger partial charge in [-0.2, -0.15) is 0 Å². The van der Waals surface area contributed by atoms with Gasteiger partial charge in [-0.05, 0) is 71.1 Å². The fraction of sp³-hybridized carbons (Fsp3) is 0.281. The van der Waals surface area contributed by atoms with Gasteiger partial charge >= 0.3 is 0 Å². The van der Waals surface area contributed by atoms with Crippen molar-refractivity contribution in [1.82, 2.24) is 35.3 Å². The predicted molar refractivity (Wildman–Crippen MR) is 162 cm³/mol. The molecule has 0 aliphatic carbocycles. The van der Waals surface area contributed by atoms with Crippen molar-refractivity contribution in [3.63, 3.8) is 0 Å². The number of aromatic amines is 1. The molecular weight excluding hydrogens is 530 g/mol. The van der Waals surface area contributed by atoms with Crippen molar-refractivity contribution in [2.24, 2.45) is 0 Å². The number of aromatic nitrogens is 5. The Morgan fingerprint density at radius 3 is 2.64 bits per heavy atom. The molecule has 1 aliphatic rings. The Morgan fingerprint density at radius 2 is 1.88 bits per heavy atom. The van der Waals surface area contributed by atoms with Gasteiger partial charge in [0.15, 0.2) is 0 Å². The van der Waals surface area contributed by atoms with Crippen LogP contribution in [0.5, 0.6) is 5.75 Å². The van der Waals surface area contributed by atoms with Crippen molar-refractivity contribution in [1.29, 1.82) is 0 Å². The largest absolute Gasteiger partial charge is 0.496 e. The maximum atomic E-state index is 13.6. The summed E-state index contributed by atoms with van der Waals surface area (Å²) < 4.78 is 11.3. The van der Waals surface area contributed by atoms with Crippen LogP contribution >= 0.6 is 0 Å². The van der Waals surface area contributed by atoms with Crippen molar-refractivity contribution in [2.45, 2.75) is 32.7 Å². The fourth-order valence-corrected chi connectivity index (χ4v) is 6.06. The second-order valence-corrected chi connectivity index (χ2v) is 11.0. The molecule has 42 heavy (non-hydrogen) atoms. The number of nitrogens with zero attached hydrogens (tertiary/aromatic N) is 5. The Balaban J connectivity index is 1.46. The third kappa shape index (κ3) is 4.35. The number of likely N-dealkylation sites (tertiary alicyclic amines) is 1. The number of pyridine rings is 1. The molecule has 1 fully saturated rings. The summed E-state index contributed by atoms with van der Waals surface area (Å²) in [7, 11) is 3.75. The number of carbonyl (C=O) groups is 1. The van der Waals surface area contributed by atoms with Crippen LogP contribution in [0.15, 0.2) is 53.2 Å². The van der Waals surface area contributed by atoms with Crippen LogP contribution in [0.4, 0.5) is 0 Å². The van der Waals surface area contributed by atoms with Crippen molar-refractivity contribution in [2.75, 3.05) is 27.2 Å². The average Bonchev–Trinajstić information content (AvgIpc) is 3.54. The first-order chi connectivity index (χ1) is 20.4. The van der Waals surface area contributed by atoms with Crippen molar-refractivity contribution in [3.8, 4) is 28.1 Å². The summed E-state index contributed by atoms with van der Waals surface area (Å²) in [6.45, 7) is 5.68. The molecule has 1 amide bonds. The van der Waals surface area contributed by atoms with E-state index in [9.17, 15) is 4.79 Å². The normalized spacial score (nSPS) is 14.7. The van der Waals surface area contributed by atoms with E-state index in [1.165, 1.54) is 0 Å². The molecule has 10 nitrogen and oxygen atoms in total. The van der Waals surface area contributed by atoms with Gasteiger partial charge in [0.25, 0.3) is 5.91 Å². The number of para-hydroxylation sites is 1. The van der Waals surface area contributed by atoms with E-state index in [0.717, 1.165) is 75.5 Å². The quantitative estimate of drug-likeness (QED) is 0.286. The molecule has 0 spiro atoms. The van der Waals surface area contributed by atoms with E-state index in [-0.39, 0.29) is 17.8 Å². The second-order valence-electron chi connectivity index (χ2n) is 11.0. The predicted octanol–water partition coefficient (Wildman–Crippen LogP) is 5.43. The minimum atomic E-state index is -0.279. The van der Waals surface area contributed by atoms with E-state index >= 15 is 0 Å². The van der Waals surface area contributed by atoms with Gasteiger partial charge in [-0.15, -0.1) is 0 Å². The highest BCUT2D eigenvalue weighted by Gasteiger charge is 2.25. The Kier molecular flexibility index (Phi) is 6.35. The zero-order chi connectivity index (χ0) is 29.0.